The molecule has 1 aliphatic heterocycles. The van der Waals surface area contributed by atoms with Crippen molar-refractivity contribution in [3.05, 3.63) is 18.4 Å². The first-order chi connectivity index (χ1) is 8.74. The van der Waals surface area contributed by atoms with Crippen molar-refractivity contribution in [2.24, 2.45) is 13.0 Å². The van der Waals surface area contributed by atoms with Gasteiger partial charge in [0, 0.05) is 7.05 Å². The van der Waals surface area contributed by atoms with Gasteiger partial charge in [0.1, 0.15) is 5.69 Å². The number of aromatic nitrogens is 4. The summed E-state index contributed by atoms with van der Waals surface area (Å²) in [5.74, 6) is 1.98. The average Bonchev–Trinajstić information content (AvgIpc) is 2.97. The van der Waals surface area contributed by atoms with Gasteiger partial charge < -0.3 is 14.4 Å². The SMILES string of the molecule is CC1CCNC(c2nc(-c3cncn3C)no2)C1. The predicted octanol–water partition coefficient (Wildman–Crippen LogP) is 1.53. The minimum atomic E-state index is 0.184. The topological polar surface area (TPSA) is 68.8 Å². The van der Waals surface area contributed by atoms with E-state index in [1.165, 1.54) is 6.42 Å². The number of rotatable bonds is 2. The summed E-state index contributed by atoms with van der Waals surface area (Å²) >= 11 is 0. The Hall–Kier alpha value is -1.69. The molecule has 0 aromatic carbocycles. The molecule has 1 saturated heterocycles. The standard InChI is InChI=1S/C12H17N5O/c1-8-3-4-14-9(5-8)12-15-11(16-18-12)10-6-13-7-17(10)2/h6-9,14H,3-5H2,1-2H3. The summed E-state index contributed by atoms with van der Waals surface area (Å²) in [6.45, 7) is 3.27. The van der Waals surface area contributed by atoms with Crippen LogP contribution in [0, 0.1) is 5.92 Å². The summed E-state index contributed by atoms with van der Waals surface area (Å²) in [6.07, 6.45) is 5.73. The number of piperidine rings is 1. The lowest BCUT2D eigenvalue weighted by Gasteiger charge is -2.25. The maximum atomic E-state index is 5.37. The second-order valence-electron chi connectivity index (χ2n) is 4.98. The molecule has 2 unspecified atom stereocenters. The van der Waals surface area contributed by atoms with Crippen LogP contribution < -0.4 is 5.32 Å². The summed E-state index contributed by atoms with van der Waals surface area (Å²) in [6, 6.07) is 0.184. The van der Waals surface area contributed by atoms with Crippen molar-refractivity contribution in [3.63, 3.8) is 0 Å². The van der Waals surface area contributed by atoms with Crippen molar-refractivity contribution < 1.29 is 4.52 Å². The first-order valence-electron chi connectivity index (χ1n) is 6.27. The highest BCUT2D eigenvalue weighted by Gasteiger charge is 2.25. The fourth-order valence-corrected chi connectivity index (χ4v) is 2.35. The Morgan fingerprint density at radius 2 is 2.39 bits per heavy atom. The van der Waals surface area contributed by atoms with E-state index in [0.29, 0.717) is 17.6 Å². The molecular weight excluding hydrogens is 230 g/mol. The third-order valence-corrected chi connectivity index (χ3v) is 3.45. The molecule has 96 valence electrons. The molecule has 2 aromatic heterocycles. The van der Waals surface area contributed by atoms with Crippen molar-refractivity contribution in [2.75, 3.05) is 6.54 Å². The van der Waals surface area contributed by atoms with Gasteiger partial charge in [0.05, 0.1) is 18.6 Å². The second-order valence-corrected chi connectivity index (χ2v) is 4.98. The van der Waals surface area contributed by atoms with E-state index in [1.54, 1.807) is 12.5 Å². The van der Waals surface area contributed by atoms with Gasteiger partial charge in [-0.05, 0) is 25.3 Å². The van der Waals surface area contributed by atoms with Crippen molar-refractivity contribution in [1.82, 2.24) is 25.0 Å². The van der Waals surface area contributed by atoms with Crippen LogP contribution >= 0.6 is 0 Å². The normalized spacial score (nSPS) is 24.3. The third kappa shape index (κ3) is 2.03. The molecule has 0 bridgehead atoms. The van der Waals surface area contributed by atoms with Crippen LogP contribution in [0.3, 0.4) is 0 Å². The van der Waals surface area contributed by atoms with E-state index in [0.717, 1.165) is 18.7 Å². The summed E-state index contributed by atoms with van der Waals surface area (Å²) in [7, 11) is 1.92. The van der Waals surface area contributed by atoms with Gasteiger partial charge in [0.2, 0.25) is 11.7 Å². The van der Waals surface area contributed by atoms with E-state index < -0.39 is 0 Å². The highest BCUT2D eigenvalue weighted by Crippen LogP contribution is 2.27. The molecule has 1 N–H and O–H groups in total. The second kappa shape index (κ2) is 4.53. The highest BCUT2D eigenvalue weighted by molar-refractivity contribution is 5.47. The fraction of sp³-hybridized carbons (Fsp3) is 0.583. The maximum Gasteiger partial charge on any atom is 0.244 e. The molecule has 0 spiro atoms. The lowest BCUT2D eigenvalue weighted by Crippen LogP contribution is -2.30. The highest BCUT2D eigenvalue weighted by atomic mass is 16.5. The minimum absolute atomic E-state index is 0.184. The van der Waals surface area contributed by atoms with E-state index in [9.17, 15) is 0 Å². The van der Waals surface area contributed by atoms with Gasteiger partial charge in [-0.2, -0.15) is 4.98 Å². The van der Waals surface area contributed by atoms with E-state index >= 15 is 0 Å². The molecule has 2 aromatic rings. The van der Waals surface area contributed by atoms with Crippen molar-refractivity contribution in [2.45, 2.75) is 25.8 Å². The Morgan fingerprint density at radius 3 is 3.11 bits per heavy atom. The number of imidazole rings is 1. The predicted molar refractivity (Wildman–Crippen MR) is 65.6 cm³/mol. The molecule has 3 heterocycles. The van der Waals surface area contributed by atoms with E-state index in [1.807, 2.05) is 11.6 Å². The summed E-state index contributed by atoms with van der Waals surface area (Å²) in [4.78, 5) is 8.53. The number of hydrogen-bond acceptors (Lipinski definition) is 5. The van der Waals surface area contributed by atoms with Gasteiger partial charge in [0.15, 0.2) is 0 Å². The zero-order valence-electron chi connectivity index (χ0n) is 10.6. The van der Waals surface area contributed by atoms with Crippen LogP contribution in [0.2, 0.25) is 0 Å². The molecule has 1 aliphatic rings. The summed E-state index contributed by atoms with van der Waals surface area (Å²) in [5.41, 5.74) is 0.869. The van der Waals surface area contributed by atoms with Gasteiger partial charge in [-0.1, -0.05) is 12.1 Å². The zero-order valence-corrected chi connectivity index (χ0v) is 10.6. The first-order valence-corrected chi connectivity index (χ1v) is 6.27. The molecule has 6 nitrogen and oxygen atoms in total. The number of aryl methyl sites for hydroxylation is 1. The molecule has 0 radical (unpaired) electrons. The molecule has 0 amide bonds. The molecule has 3 rings (SSSR count). The maximum absolute atomic E-state index is 5.37. The summed E-state index contributed by atoms with van der Waals surface area (Å²) < 4.78 is 7.25. The molecule has 1 fully saturated rings. The molecule has 18 heavy (non-hydrogen) atoms. The van der Waals surface area contributed by atoms with E-state index in [2.05, 4.69) is 27.4 Å². The lowest BCUT2D eigenvalue weighted by atomic mass is 9.94. The first kappa shape index (κ1) is 11.4. The Balaban J connectivity index is 1.83. The third-order valence-electron chi connectivity index (χ3n) is 3.45. The van der Waals surface area contributed by atoms with Gasteiger partial charge in [-0.3, -0.25) is 0 Å². The minimum Gasteiger partial charge on any atom is -0.337 e. The Labute approximate surface area is 105 Å². The Kier molecular flexibility index (Phi) is 2.87. The number of nitrogens with one attached hydrogen (secondary N) is 1. The average molecular weight is 247 g/mol. The smallest absolute Gasteiger partial charge is 0.244 e. The number of nitrogens with zero attached hydrogens (tertiary/aromatic N) is 4. The van der Waals surface area contributed by atoms with Crippen molar-refractivity contribution in [3.8, 4) is 11.5 Å². The van der Waals surface area contributed by atoms with Gasteiger partial charge in [0.25, 0.3) is 0 Å². The molecule has 2 atom stereocenters. The zero-order chi connectivity index (χ0) is 12.5. The number of hydrogen-bond donors (Lipinski definition) is 1. The molecule has 6 heteroatoms. The lowest BCUT2D eigenvalue weighted by molar-refractivity contribution is 0.260. The van der Waals surface area contributed by atoms with Crippen LogP contribution in [0.25, 0.3) is 11.5 Å². The van der Waals surface area contributed by atoms with Crippen molar-refractivity contribution >= 4 is 0 Å². The monoisotopic (exact) mass is 247 g/mol. The van der Waals surface area contributed by atoms with Gasteiger partial charge in [-0.25, -0.2) is 4.98 Å². The summed E-state index contributed by atoms with van der Waals surface area (Å²) in [5, 5.41) is 7.45. The largest absolute Gasteiger partial charge is 0.337 e. The van der Waals surface area contributed by atoms with Crippen LogP contribution in [0.15, 0.2) is 17.0 Å². The van der Waals surface area contributed by atoms with Crippen molar-refractivity contribution in [1.29, 1.82) is 0 Å². The van der Waals surface area contributed by atoms with Crippen LogP contribution in [0.4, 0.5) is 0 Å². The molecule has 0 saturated carbocycles. The fourth-order valence-electron chi connectivity index (χ4n) is 2.35. The van der Waals surface area contributed by atoms with Gasteiger partial charge in [-0.15, -0.1) is 0 Å². The van der Waals surface area contributed by atoms with Crippen LogP contribution in [-0.4, -0.2) is 26.2 Å². The molecule has 0 aliphatic carbocycles. The Morgan fingerprint density at radius 1 is 1.50 bits per heavy atom. The van der Waals surface area contributed by atoms with Gasteiger partial charge >= 0.3 is 0 Å². The Bertz CT molecular complexity index is 532. The van der Waals surface area contributed by atoms with Crippen LogP contribution in [0.1, 0.15) is 31.7 Å². The van der Waals surface area contributed by atoms with E-state index in [-0.39, 0.29) is 6.04 Å². The van der Waals surface area contributed by atoms with E-state index in [4.69, 9.17) is 4.52 Å². The van der Waals surface area contributed by atoms with Crippen LogP contribution in [0.5, 0.6) is 0 Å². The molecular formula is C12H17N5O. The van der Waals surface area contributed by atoms with Crippen LogP contribution in [-0.2, 0) is 7.05 Å². The quantitative estimate of drug-likeness (QED) is 0.871.